The molecule has 0 amide bonds. The van der Waals surface area contributed by atoms with Gasteiger partial charge in [-0.1, -0.05) is 35.2 Å². The van der Waals surface area contributed by atoms with Crippen LogP contribution in [0.1, 0.15) is 51.5 Å². The van der Waals surface area contributed by atoms with Crippen molar-refractivity contribution >= 4 is 39.5 Å². The average molecular weight is 523 g/mol. The van der Waals surface area contributed by atoms with Crippen LogP contribution in [0.2, 0.25) is 0 Å². The summed E-state index contributed by atoms with van der Waals surface area (Å²) in [5.41, 5.74) is -1.20. The van der Waals surface area contributed by atoms with E-state index in [2.05, 4.69) is 15.9 Å². The number of benzene rings is 1. The molecule has 1 heterocycles. The molecule has 0 spiro atoms. The molecule has 10 heteroatoms. The number of halogens is 1. The predicted octanol–water partition coefficient (Wildman–Crippen LogP) is 4.37. The Balaban J connectivity index is 2.21. The van der Waals surface area contributed by atoms with Gasteiger partial charge in [0.15, 0.2) is 5.60 Å². The number of aliphatic imine (C=N–C) groups is 1. The number of carbonyl (C=O) groups excluding carboxylic acids is 2. The van der Waals surface area contributed by atoms with Crippen LogP contribution in [0.15, 0.2) is 40.4 Å². The van der Waals surface area contributed by atoms with Crippen LogP contribution in [-0.4, -0.2) is 47.3 Å². The van der Waals surface area contributed by atoms with Crippen molar-refractivity contribution in [1.82, 2.24) is 0 Å². The third-order valence-corrected chi connectivity index (χ3v) is 6.49. The number of alkyl halides is 1. The Morgan fingerprint density at radius 3 is 2.27 bits per heavy atom. The summed E-state index contributed by atoms with van der Waals surface area (Å²) in [6, 6.07) is 5.62. The van der Waals surface area contributed by atoms with E-state index in [0.29, 0.717) is 5.56 Å². The number of nitro groups is 1. The second-order valence-corrected chi connectivity index (χ2v) is 8.34. The molecule has 178 valence electrons. The maximum absolute atomic E-state index is 13.2. The number of hydrogen-bond acceptors (Lipinski definition) is 8. The molecule has 0 saturated heterocycles. The molecule has 1 aliphatic carbocycles. The molecule has 1 aromatic carbocycles. The molecule has 0 aromatic heterocycles. The third kappa shape index (κ3) is 5.10. The summed E-state index contributed by atoms with van der Waals surface area (Å²) >= 11 is 3.44. The van der Waals surface area contributed by atoms with Crippen LogP contribution in [0.25, 0.3) is 0 Å². The lowest BCUT2D eigenvalue weighted by atomic mass is 9.86. The zero-order valence-corrected chi connectivity index (χ0v) is 20.3. The van der Waals surface area contributed by atoms with Gasteiger partial charge in [0.2, 0.25) is 5.90 Å². The van der Waals surface area contributed by atoms with E-state index in [1.54, 1.807) is 13.8 Å². The summed E-state index contributed by atoms with van der Waals surface area (Å²) in [7, 11) is 0. The maximum atomic E-state index is 13.2. The Bertz CT molecular complexity index is 968. The van der Waals surface area contributed by atoms with E-state index in [0.717, 1.165) is 32.1 Å². The van der Waals surface area contributed by atoms with E-state index in [-0.39, 0.29) is 47.3 Å². The highest BCUT2D eigenvalue weighted by atomic mass is 79.9. The molecule has 0 radical (unpaired) electrons. The minimum atomic E-state index is -1.46. The van der Waals surface area contributed by atoms with Crippen LogP contribution in [-0.2, 0) is 29.4 Å². The molecule has 1 saturated carbocycles. The lowest BCUT2D eigenvalue weighted by Gasteiger charge is -2.29. The molecule has 2 aliphatic rings. The van der Waals surface area contributed by atoms with E-state index < -0.39 is 22.5 Å². The van der Waals surface area contributed by atoms with Crippen molar-refractivity contribution < 1.29 is 28.7 Å². The van der Waals surface area contributed by atoms with Gasteiger partial charge in [-0.2, -0.15) is 0 Å². The topological polar surface area (TPSA) is 117 Å². The summed E-state index contributed by atoms with van der Waals surface area (Å²) in [5, 5.41) is 11.2. The van der Waals surface area contributed by atoms with Gasteiger partial charge in [-0.25, -0.2) is 14.6 Å². The average Bonchev–Trinajstić information content (AvgIpc) is 3.15. The van der Waals surface area contributed by atoms with E-state index in [1.165, 1.54) is 24.3 Å². The summed E-state index contributed by atoms with van der Waals surface area (Å²) in [5.74, 6) is -1.41. The van der Waals surface area contributed by atoms with Crippen LogP contribution >= 0.6 is 15.9 Å². The van der Waals surface area contributed by atoms with Gasteiger partial charge in [-0.15, -0.1) is 0 Å². The number of nitrogens with zero attached hydrogens (tertiary/aromatic N) is 2. The highest BCUT2D eigenvalue weighted by Gasteiger charge is 2.54. The zero-order chi connectivity index (χ0) is 24.0. The quantitative estimate of drug-likeness (QED) is 0.215. The number of non-ortho nitro benzene ring substituents is 1. The molecular weight excluding hydrogens is 496 g/mol. The summed E-state index contributed by atoms with van der Waals surface area (Å²) in [6.07, 6.45) is 4.89. The highest BCUT2D eigenvalue weighted by Crippen LogP contribution is 2.45. The minimum absolute atomic E-state index is 0.0249. The minimum Gasteiger partial charge on any atom is -0.462 e. The van der Waals surface area contributed by atoms with Crippen molar-refractivity contribution in [2.45, 2.75) is 57.6 Å². The van der Waals surface area contributed by atoms with Gasteiger partial charge < -0.3 is 14.2 Å². The molecule has 1 aliphatic heterocycles. The van der Waals surface area contributed by atoms with Gasteiger partial charge >= 0.3 is 11.9 Å². The fraction of sp³-hybridized carbons (Fsp3) is 0.522. The van der Waals surface area contributed by atoms with Crippen molar-refractivity contribution in [3.05, 3.63) is 51.1 Å². The molecule has 1 fully saturated rings. The van der Waals surface area contributed by atoms with E-state index in [9.17, 15) is 19.7 Å². The van der Waals surface area contributed by atoms with Crippen molar-refractivity contribution in [2.24, 2.45) is 4.99 Å². The summed E-state index contributed by atoms with van der Waals surface area (Å²) in [6.45, 7) is 3.53. The summed E-state index contributed by atoms with van der Waals surface area (Å²) < 4.78 is 16.9. The fourth-order valence-corrected chi connectivity index (χ4v) is 4.85. The molecule has 0 N–H and O–H groups in total. The Morgan fingerprint density at radius 2 is 1.73 bits per heavy atom. The SMILES string of the molecule is CCOC(=O)C1=C(C(=O)OCC)C(CBr)(c2ccc([N+](=O)[O-])cc2)OC1=NC1CCCCC1. The first-order chi connectivity index (χ1) is 15.9. The lowest BCUT2D eigenvalue weighted by molar-refractivity contribution is -0.384. The highest BCUT2D eigenvalue weighted by molar-refractivity contribution is 9.09. The second-order valence-electron chi connectivity index (χ2n) is 7.78. The van der Waals surface area contributed by atoms with E-state index >= 15 is 0 Å². The Hall–Kier alpha value is -2.75. The van der Waals surface area contributed by atoms with Gasteiger partial charge in [-0.3, -0.25) is 10.1 Å². The summed E-state index contributed by atoms with van der Waals surface area (Å²) in [4.78, 5) is 41.6. The molecule has 33 heavy (non-hydrogen) atoms. The standard InChI is InChI=1S/C23H27BrN2O7/c1-3-31-21(27)18-19(22(28)32-4-2)23(14-24,15-10-12-17(13-11-15)26(29)30)33-20(18)25-16-8-6-5-7-9-16/h10-13,16H,3-9,14H2,1-2H3. The van der Waals surface area contributed by atoms with Crippen molar-refractivity contribution in [2.75, 3.05) is 18.5 Å². The first-order valence-corrected chi connectivity index (χ1v) is 12.2. The molecule has 9 nitrogen and oxygen atoms in total. The largest absolute Gasteiger partial charge is 0.462 e. The monoisotopic (exact) mass is 522 g/mol. The molecule has 0 bridgehead atoms. The van der Waals surface area contributed by atoms with Gasteiger partial charge in [-0.05, 0) is 38.8 Å². The van der Waals surface area contributed by atoms with Gasteiger partial charge in [0.05, 0.1) is 29.5 Å². The Kier molecular flexibility index (Phi) is 8.23. The number of nitro benzene ring substituents is 1. The van der Waals surface area contributed by atoms with Crippen LogP contribution in [0, 0.1) is 10.1 Å². The first kappa shape index (κ1) is 24.9. The molecule has 1 unspecified atom stereocenters. The van der Waals surface area contributed by atoms with Crippen molar-refractivity contribution in [3.8, 4) is 0 Å². The van der Waals surface area contributed by atoms with Crippen LogP contribution in [0.3, 0.4) is 0 Å². The molecule has 1 aromatic rings. The Labute approximate surface area is 200 Å². The normalized spacial score (nSPS) is 22.2. The fourth-order valence-electron chi connectivity index (χ4n) is 4.13. The van der Waals surface area contributed by atoms with Crippen molar-refractivity contribution in [1.29, 1.82) is 0 Å². The smallest absolute Gasteiger partial charge is 0.344 e. The number of esters is 2. The van der Waals surface area contributed by atoms with Crippen LogP contribution in [0.5, 0.6) is 0 Å². The number of hydrogen-bond donors (Lipinski definition) is 0. The van der Waals surface area contributed by atoms with E-state index in [4.69, 9.17) is 19.2 Å². The number of ether oxygens (including phenoxy) is 3. The molecule has 1 atom stereocenters. The van der Waals surface area contributed by atoms with Crippen LogP contribution < -0.4 is 0 Å². The molecular formula is C23H27BrN2O7. The predicted molar refractivity (Wildman–Crippen MR) is 124 cm³/mol. The lowest BCUT2D eigenvalue weighted by Crippen LogP contribution is -2.35. The van der Waals surface area contributed by atoms with Crippen molar-refractivity contribution in [3.63, 3.8) is 0 Å². The van der Waals surface area contributed by atoms with Gasteiger partial charge in [0.25, 0.3) is 5.69 Å². The Morgan fingerprint density at radius 1 is 1.12 bits per heavy atom. The maximum Gasteiger partial charge on any atom is 0.344 e. The van der Waals surface area contributed by atoms with Crippen LogP contribution in [0.4, 0.5) is 5.69 Å². The third-order valence-electron chi connectivity index (χ3n) is 5.70. The van der Waals surface area contributed by atoms with Gasteiger partial charge in [0.1, 0.15) is 11.1 Å². The number of rotatable bonds is 8. The second kappa shape index (κ2) is 10.9. The first-order valence-electron chi connectivity index (χ1n) is 11.0. The van der Waals surface area contributed by atoms with E-state index in [1.807, 2.05) is 0 Å². The zero-order valence-electron chi connectivity index (χ0n) is 18.7. The molecule has 3 rings (SSSR count). The number of carbonyl (C=O) groups is 2. The van der Waals surface area contributed by atoms with Gasteiger partial charge in [0, 0.05) is 17.7 Å².